The van der Waals surface area contributed by atoms with Crippen molar-refractivity contribution in [2.24, 2.45) is 0 Å². The molecule has 0 aliphatic carbocycles. The molecule has 2 aromatic rings. The van der Waals surface area contributed by atoms with E-state index in [0.29, 0.717) is 0 Å². The second kappa shape index (κ2) is 6.02. The van der Waals surface area contributed by atoms with Crippen molar-refractivity contribution in [3.8, 4) is 0 Å². The van der Waals surface area contributed by atoms with Crippen molar-refractivity contribution in [2.45, 2.75) is 6.04 Å². The first kappa shape index (κ1) is 13.8. The molecule has 5 heteroatoms. The van der Waals surface area contributed by atoms with Gasteiger partial charge in [-0.2, -0.15) is 0 Å². The Kier molecular flexibility index (Phi) is 4.88. The van der Waals surface area contributed by atoms with E-state index in [2.05, 4.69) is 68.1 Å². The molecule has 0 saturated carbocycles. The van der Waals surface area contributed by atoms with Gasteiger partial charge in [-0.05, 0) is 65.5 Å². The molecular weight excluding hydrogens is 432 g/mol. The Bertz CT molecular complexity index is 529. The highest BCUT2D eigenvalue weighted by molar-refractivity contribution is 14.1. The smallest absolute Gasteiger partial charge is 0.0931 e. The van der Waals surface area contributed by atoms with Crippen LogP contribution in [0.2, 0.25) is 4.34 Å². The van der Waals surface area contributed by atoms with Crippen LogP contribution in [0.3, 0.4) is 0 Å². The van der Waals surface area contributed by atoms with Crippen LogP contribution in [0.25, 0.3) is 0 Å². The van der Waals surface area contributed by atoms with Gasteiger partial charge in [0.2, 0.25) is 0 Å². The van der Waals surface area contributed by atoms with Crippen LogP contribution in [0.15, 0.2) is 34.8 Å². The van der Waals surface area contributed by atoms with Gasteiger partial charge in [0.1, 0.15) is 0 Å². The molecule has 1 nitrogen and oxygen atoms in total. The van der Waals surface area contributed by atoms with Gasteiger partial charge < -0.3 is 5.32 Å². The Labute approximate surface area is 132 Å². The minimum atomic E-state index is 0.177. The van der Waals surface area contributed by atoms with Gasteiger partial charge in [-0.1, -0.05) is 27.5 Å². The van der Waals surface area contributed by atoms with E-state index < -0.39 is 0 Å². The van der Waals surface area contributed by atoms with Crippen molar-refractivity contribution >= 4 is 61.5 Å². The van der Waals surface area contributed by atoms with Gasteiger partial charge in [0.15, 0.2) is 0 Å². The van der Waals surface area contributed by atoms with E-state index in [4.69, 9.17) is 11.6 Å². The van der Waals surface area contributed by atoms with Gasteiger partial charge >= 0.3 is 0 Å². The third-order valence-corrected chi connectivity index (χ3v) is 5.13. The molecule has 90 valence electrons. The molecular formula is C12H10BrClINS. The van der Waals surface area contributed by atoms with Crippen LogP contribution in [0.1, 0.15) is 16.5 Å². The lowest BCUT2D eigenvalue weighted by Crippen LogP contribution is -2.17. The lowest BCUT2D eigenvalue weighted by atomic mass is 10.1. The predicted molar refractivity (Wildman–Crippen MR) is 87.1 cm³/mol. The van der Waals surface area contributed by atoms with Gasteiger partial charge in [-0.15, -0.1) is 11.3 Å². The summed E-state index contributed by atoms with van der Waals surface area (Å²) in [5, 5.41) is 3.33. The molecule has 0 amide bonds. The van der Waals surface area contributed by atoms with Crippen molar-refractivity contribution in [1.82, 2.24) is 5.32 Å². The first-order valence-corrected chi connectivity index (χ1v) is 8.06. The number of nitrogens with one attached hydrogen (secondary N) is 1. The summed E-state index contributed by atoms with van der Waals surface area (Å²) >= 11 is 13.5. The zero-order chi connectivity index (χ0) is 12.4. The van der Waals surface area contributed by atoms with E-state index in [9.17, 15) is 0 Å². The molecule has 0 saturated heterocycles. The number of rotatable bonds is 3. The fourth-order valence-corrected chi connectivity index (χ4v) is 3.85. The van der Waals surface area contributed by atoms with Crippen LogP contribution < -0.4 is 5.32 Å². The molecule has 0 aliphatic heterocycles. The van der Waals surface area contributed by atoms with Crippen molar-refractivity contribution in [3.63, 3.8) is 0 Å². The Balaban J connectivity index is 2.45. The maximum Gasteiger partial charge on any atom is 0.0931 e. The highest BCUT2D eigenvalue weighted by Gasteiger charge is 2.17. The average molecular weight is 443 g/mol. The summed E-state index contributed by atoms with van der Waals surface area (Å²) in [7, 11) is 1.96. The summed E-state index contributed by atoms with van der Waals surface area (Å²) in [6.45, 7) is 0. The van der Waals surface area contributed by atoms with Gasteiger partial charge in [-0.3, -0.25) is 0 Å². The third kappa shape index (κ3) is 3.23. The van der Waals surface area contributed by atoms with Crippen molar-refractivity contribution in [3.05, 3.63) is 53.2 Å². The maximum atomic E-state index is 6.00. The van der Waals surface area contributed by atoms with E-state index in [1.807, 2.05) is 13.1 Å². The average Bonchev–Trinajstić information content (AvgIpc) is 2.71. The van der Waals surface area contributed by atoms with Crippen LogP contribution in [0.5, 0.6) is 0 Å². The van der Waals surface area contributed by atoms with Crippen LogP contribution in [-0.4, -0.2) is 7.05 Å². The topological polar surface area (TPSA) is 12.0 Å². The molecule has 0 fully saturated rings. The largest absolute Gasteiger partial charge is 0.309 e. The summed E-state index contributed by atoms with van der Waals surface area (Å²) in [5.41, 5.74) is 1.23. The van der Waals surface area contributed by atoms with Gasteiger partial charge in [0.25, 0.3) is 0 Å². The second-order valence-corrected chi connectivity index (χ2v) is 7.38. The predicted octanol–water partition coefficient (Wildman–Crippen LogP) is 5.08. The van der Waals surface area contributed by atoms with Crippen LogP contribution in [0.4, 0.5) is 0 Å². The van der Waals surface area contributed by atoms with E-state index >= 15 is 0 Å². The van der Waals surface area contributed by atoms with Crippen LogP contribution in [-0.2, 0) is 0 Å². The molecule has 1 unspecified atom stereocenters. The lowest BCUT2D eigenvalue weighted by Gasteiger charge is -2.17. The minimum absolute atomic E-state index is 0.177. The molecule has 2 rings (SSSR count). The Morgan fingerprint density at radius 1 is 1.35 bits per heavy atom. The van der Waals surface area contributed by atoms with Gasteiger partial charge in [0.05, 0.1) is 10.4 Å². The summed E-state index contributed by atoms with van der Waals surface area (Å²) in [6, 6.07) is 10.5. The highest BCUT2D eigenvalue weighted by Crippen LogP contribution is 2.34. The molecule has 0 bridgehead atoms. The zero-order valence-electron chi connectivity index (χ0n) is 9.01. The Morgan fingerprint density at radius 2 is 2.12 bits per heavy atom. The lowest BCUT2D eigenvalue weighted by molar-refractivity contribution is 0.700. The molecule has 1 atom stereocenters. The third-order valence-electron chi connectivity index (χ3n) is 2.44. The number of hydrogen-bond acceptors (Lipinski definition) is 2. The number of hydrogen-bond donors (Lipinski definition) is 1. The molecule has 1 N–H and O–H groups in total. The van der Waals surface area contributed by atoms with Crippen molar-refractivity contribution in [1.29, 1.82) is 0 Å². The summed E-state index contributed by atoms with van der Waals surface area (Å²) in [5.74, 6) is 0. The molecule has 1 heterocycles. The zero-order valence-corrected chi connectivity index (χ0v) is 14.3. The van der Waals surface area contributed by atoms with Crippen LogP contribution in [0, 0.1) is 3.57 Å². The van der Waals surface area contributed by atoms with E-state index in [1.54, 1.807) is 11.3 Å². The standard InChI is InChI=1S/C12H10BrClINS/c1-16-12(10-4-5-11(14)17-10)8-6-7(15)2-3-9(8)13/h2-6,12,16H,1H3. The van der Waals surface area contributed by atoms with Crippen LogP contribution >= 0.6 is 61.5 Å². The first-order valence-electron chi connectivity index (χ1n) is 4.99. The monoisotopic (exact) mass is 441 g/mol. The van der Waals surface area contributed by atoms with Gasteiger partial charge in [-0.25, -0.2) is 0 Å². The van der Waals surface area contributed by atoms with Crippen molar-refractivity contribution < 1.29 is 0 Å². The maximum absolute atomic E-state index is 6.00. The summed E-state index contributed by atoms with van der Waals surface area (Å²) < 4.78 is 3.16. The molecule has 1 aromatic heterocycles. The highest BCUT2D eigenvalue weighted by atomic mass is 127. The second-order valence-electron chi connectivity index (χ2n) is 3.53. The number of benzene rings is 1. The normalized spacial score (nSPS) is 12.7. The summed E-state index contributed by atoms with van der Waals surface area (Å²) in [4.78, 5) is 1.22. The Morgan fingerprint density at radius 3 is 2.71 bits per heavy atom. The van der Waals surface area contributed by atoms with Crippen molar-refractivity contribution in [2.75, 3.05) is 7.05 Å². The first-order chi connectivity index (χ1) is 8.11. The molecule has 1 aromatic carbocycles. The summed E-state index contributed by atoms with van der Waals surface area (Å²) in [6.07, 6.45) is 0. The fourth-order valence-electron chi connectivity index (χ4n) is 1.67. The van der Waals surface area contributed by atoms with Gasteiger partial charge in [0, 0.05) is 12.9 Å². The Hall–Kier alpha value is 0.380. The quantitative estimate of drug-likeness (QED) is 0.654. The van der Waals surface area contributed by atoms with E-state index in [1.165, 1.54) is 14.0 Å². The molecule has 0 spiro atoms. The molecule has 0 radical (unpaired) electrons. The van der Waals surface area contributed by atoms with E-state index in [0.717, 1.165) is 8.81 Å². The number of halogens is 3. The van der Waals surface area contributed by atoms with E-state index in [-0.39, 0.29) is 6.04 Å². The molecule has 0 aliphatic rings. The minimum Gasteiger partial charge on any atom is -0.309 e. The number of thiophene rings is 1. The molecule has 17 heavy (non-hydrogen) atoms. The fraction of sp³-hybridized carbons (Fsp3) is 0.167. The SMILES string of the molecule is CNC(c1ccc(Cl)s1)c1cc(I)ccc1Br.